The summed E-state index contributed by atoms with van der Waals surface area (Å²) in [5.74, 6) is 1.92. The average molecular weight is 211 g/mol. The van der Waals surface area contributed by atoms with Crippen molar-refractivity contribution in [3.8, 4) is 0 Å². The van der Waals surface area contributed by atoms with E-state index in [9.17, 15) is 0 Å². The zero-order valence-corrected chi connectivity index (χ0v) is 12.5. The van der Waals surface area contributed by atoms with Crippen molar-refractivity contribution in [1.29, 1.82) is 0 Å². The molecule has 0 heterocycles. The summed E-state index contributed by atoms with van der Waals surface area (Å²) < 4.78 is 0. The van der Waals surface area contributed by atoms with Crippen LogP contribution in [0.2, 0.25) is 0 Å². The third-order valence-electron chi connectivity index (χ3n) is 2.24. The largest absolute Gasteiger partial charge is 1.00 e. The Morgan fingerprint density at radius 1 is 1.20 bits per heavy atom. The Bertz CT molecular complexity index is 70.8. The van der Waals surface area contributed by atoms with Crippen LogP contribution in [0, 0.1) is 18.3 Å². The zero-order valence-electron chi connectivity index (χ0n) is 7.56. The van der Waals surface area contributed by atoms with Crippen LogP contribution in [0.4, 0.5) is 0 Å². The van der Waals surface area contributed by atoms with Crippen LogP contribution in [0.5, 0.6) is 0 Å². The monoisotopic (exact) mass is 210 g/mol. The topological polar surface area (TPSA) is 0 Å². The molecule has 0 N–H and O–H groups in total. The van der Waals surface area contributed by atoms with Crippen LogP contribution in [-0.2, 0) is 0 Å². The van der Waals surface area contributed by atoms with Gasteiger partial charge in [0.15, 0.2) is 0 Å². The van der Waals surface area contributed by atoms with E-state index in [1.165, 1.54) is 25.7 Å². The van der Waals surface area contributed by atoms with Gasteiger partial charge in [0.2, 0.25) is 0 Å². The fourth-order valence-electron chi connectivity index (χ4n) is 1.71. The van der Waals surface area contributed by atoms with E-state index in [-0.39, 0.29) is 58.2 Å². The Hall–Kier alpha value is 1.81. The van der Waals surface area contributed by atoms with E-state index in [2.05, 4.69) is 20.3 Å². The first-order chi connectivity index (χ1) is 4.29. The molecule has 1 aliphatic rings. The van der Waals surface area contributed by atoms with Crippen molar-refractivity contribution in [3.05, 3.63) is 6.42 Å². The number of hydrogen-bond acceptors (Lipinski definition) is 0. The molecule has 0 radical (unpaired) electrons. The molecule has 0 aromatic carbocycles. The molecule has 0 spiro atoms. The second-order valence-corrected chi connectivity index (χ2v) is 3.55. The predicted molar refractivity (Wildman–Crippen MR) is 41.1 cm³/mol. The molecule has 0 aliphatic heterocycles. The van der Waals surface area contributed by atoms with Crippen LogP contribution in [0.25, 0.3) is 0 Å². The van der Waals surface area contributed by atoms with E-state index in [0.717, 1.165) is 11.8 Å². The zero-order chi connectivity index (χ0) is 6.69. The summed E-state index contributed by atoms with van der Waals surface area (Å²) in [6.45, 7) is 4.73. The van der Waals surface area contributed by atoms with Crippen molar-refractivity contribution in [2.75, 3.05) is 0 Å². The molecule has 1 heteroatoms. The second-order valence-electron chi connectivity index (χ2n) is 3.55. The van der Waals surface area contributed by atoms with Crippen molar-refractivity contribution < 1.29 is 58.2 Å². The molecular formula is C9H17Rb. The second kappa shape index (κ2) is 6.34. The maximum absolute atomic E-state index is 2.45. The van der Waals surface area contributed by atoms with Crippen molar-refractivity contribution in [2.24, 2.45) is 11.8 Å². The van der Waals surface area contributed by atoms with Gasteiger partial charge < -0.3 is 6.42 Å². The number of hydrogen-bond donors (Lipinski definition) is 0. The van der Waals surface area contributed by atoms with Crippen molar-refractivity contribution >= 4 is 0 Å². The minimum Gasteiger partial charge on any atom is -0.328 e. The van der Waals surface area contributed by atoms with Gasteiger partial charge in [0.1, 0.15) is 0 Å². The Balaban J connectivity index is 0.000000810. The van der Waals surface area contributed by atoms with Crippen LogP contribution in [-0.4, -0.2) is 0 Å². The van der Waals surface area contributed by atoms with Crippen molar-refractivity contribution in [1.82, 2.24) is 0 Å². The molecule has 0 saturated heterocycles. The smallest absolute Gasteiger partial charge is 0.328 e. The van der Waals surface area contributed by atoms with Gasteiger partial charge in [-0.1, -0.05) is 32.6 Å². The van der Waals surface area contributed by atoms with Gasteiger partial charge in [0, 0.05) is 0 Å². The summed E-state index contributed by atoms with van der Waals surface area (Å²) >= 11 is 0. The summed E-state index contributed by atoms with van der Waals surface area (Å²) in [4.78, 5) is 0. The fourth-order valence-corrected chi connectivity index (χ4v) is 1.71. The van der Waals surface area contributed by atoms with Gasteiger partial charge >= 0.3 is 58.2 Å². The Morgan fingerprint density at radius 3 is 2.60 bits per heavy atom. The van der Waals surface area contributed by atoms with Crippen LogP contribution in [0.15, 0.2) is 0 Å². The van der Waals surface area contributed by atoms with Crippen LogP contribution >= 0.6 is 0 Å². The molecule has 0 bridgehead atoms. The Morgan fingerprint density at radius 2 is 1.90 bits per heavy atom. The third-order valence-corrected chi connectivity index (χ3v) is 2.24. The van der Waals surface area contributed by atoms with Gasteiger partial charge in [0.25, 0.3) is 0 Å². The molecule has 10 heavy (non-hydrogen) atoms. The van der Waals surface area contributed by atoms with Crippen molar-refractivity contribution in [2.45, 2.75) is 39.5 Å². The van der Waals surface area contributed by atoms with E-state index in [0.29, 0.717) is 0 Å². The van der Waals surface area contributed by atoms with Crippen LogP contribution in [0.1, 0.15) is 39.5 Å². The number of rotatable bonds is 0. The first-order valence-electron chi connectivity index (χ1n) is 4.10. The normalized spacial score (nSPS) is 34.2. The standard InChI is InChI=1S/C9H17.Rb/c1-8-5-3-4-6-9(2)7-8;/h3,8-9H,4-7H2,1-2H3;/q-1;+1. The van der Waals surface area contributed by atoms with Gasteiger partial charge in [-0.3, -0.25) is 0 Å². The molecule has 0 aromatic rings. The van der Waals surface area contributed by atoms with E-state index in [1.54, 1.807) is 0 Å². The minimum atomic E-state index is 0. The molecule has 54 valence electrons. The summed E-state index contributed by atoms with van der Waals surface area (Å²) in [5, 5.41) is 0. The van der Waals surface area contributed by atoms with Gasteiger partial charge in [-0.25, -0.2) is 0 Å². The van der Waals surface area contributed by atoms with Gasteiger partial charge in [-0.05, 0) is 5.92 Å². The van der Waals surface area contributed by atoms with Crippen LogP contribution < -0.4 is 58.2 Å². The molecule has 1 aliphatic carbocycles. The average Bonchev–Trinajstić information content (AvgIpc) is 1.93. The molecule has 2 atom stereocenters. The molecular weight excluding hydrogens is 194 g/mol. The summed E-state index contributed by atoms with van der Waals surface area (Å²) in [6.07, 6.45) is 8.02. The quantitative estimate of drug-likeness (QED) is 0.391. The first kappa shape index (κ1) is 11.8. The minimum absolute atomic E-state index is 0. The van der Waals surface area contributed by atoms with Gasteiger partial charge in [-0.2, -0.15) is 12.8 Å². The molecule has 1 rings (SSSR count). The molecule has 1 saturated carbocycles. The third kappa shape index (κ3) is 4.64. The summed E-state index contributed by atoms with van der Waals surface area (Å²) in [5.41, 5.74) is 0. The van der Waals surface area contributed by atoms with Gasteiger partial charge in [0.05, 0.1) is 0 Å². The Labute approximate surface area is 114 Å². The maximum Gasteiger partial charge on any atom is 1.00 e. The van der Waals surface area contributed by atoms with E-state index >= 15 is 0 Å². The molecule has 0 aromatic heterocycles. The fraction of sp³-hybridized carbons (Fsp3) is 0.889. The van der Waals surface area contributed by atoms with E-state index in [1.807, 2.05) is 0 Å². The van der Waals surface area contributed by atoms with E-state index < -0.39 is 0 Å². The summed E-state index contributed by atoms with van der Waals surface area (Å²) in [6, 6.07) is 0. The SMILES string of the molecule is CC1C[CH-]CCC(C)C1.[Rb+]. The molecule has 2 unspecified atom stereocenters. The molecule has 1 fully saturated rings. The first-order valence-corrected chi connectivity index (χ1v) is 4.10. The maximum atomic E-state index is 2.45. The molecule has 0 nitrogen and oxygen atoms in total. The van der Waals surface area contributed by atoms with Crippen molar-refractivity contribution in [3.63, 3.8) is 0 Å². The molecule has 0 amide bonds. The predicted octanol–water partition coefficient (Wildman–Crippen LogP) is 0.0409. The van der Waals surface area contributed by atoms with E-state index in [4.69, 9.17) is 0 Å². The summed E-state index contributed by atoms with van der Waals surface area (Å²) in [7, 11) is 0. The Kier molecular flexibility index (Phi) is 7.48. The van der Waals surface area contributed by atoms with Gasteiger partial charge in [-0.15, -0.1) is 0 Å². The van der Waals surface area contributed by atoms with Crippen LogP contribution in [0.3, 0.4) is 0 Å².